The van der Waals surface area contributed by atoms with Gasteiger partial charge in [0.1, 0.15) is 12.4 Å². The van der Waals surface area contributed by atoms with Gasteiger partial charge in [0.25, 0.3) is 0 Å². The molecule has 114 valence electrons. The molecule has 0 heterocycles. The molecule has 0 aliphatic rings. The minimum absolute atomic E-state index is 0.214. The Labute approximate surface area is 116 Å². The first kappa shape index (κ1) is 16.9. The Kier molecular flexibility index (Phi) is 5.53. The fraction of sp³-hybridized carbons (Fsp3) is 0.571. The van der Waals surface area contributed by atoms with Crippen molar-refractivity contribution < 1.29 is 22.3 Å². The van der Waals surface area contributed by atoms with Crippen LogP contribution in [0.25, 0.3) is 0 Å². The van der Waals surface area contributed by atoms with E-state index in [0.717, 1.165) is 0 Å². The number of halogens is 4. The highest BCUT2D eigenvalue weighted by Crippen LogP contribution is 2.23. The van der Waals surface area contributed by atoms with E-state index < -0.39 is 24.7 Å². The van der Waals surface area contributed by atoms with Crippen molar-refractivity contribution in [1.29, 1.82) is 0 Å². The molecule has 1 N–H and O–H groups in total. The van der Waals surface area contributed by atoms with Crippen LogP contribution in [0.4, 0.5) is 17.6 Å². The van der Waals surface area contributed by atoms with Crippen LogP contribution in [0, 0.1) is 5.82 Å². The molecule has 0 radical (unpaired) electrons. The van der Waals surface area contributed by atoms with Crippen molar-refractivity contribution in [3.63, 3.8) is 0 Å². The smallest absolute Gasteiger partial charge is 0.363 e. The molecule has 0 spiro atoms. The molecule has 1 unspecified atom stereocenters. The zero-order valence-corrected chi connectivity index (χ0v) is 11.7. The molecule has 1 aromatic carbocycles. The minimum atomic E-state index is -4.39. The van der Waals surface area contributed by atoms with Crippen LogP contribution in [0.2, 0.25) is 0 Å². The molecule has 0 fully saturated rings. The van der Waals surface area contributed by atoms with E-state index in [1.54, 1.807) is 0 Å². The highest BCUT2D eigenvalue weighted by Gasteiger charge is 2.30. The van der Waals surface area contributed by atoms with Crippen molar-refractivity contribution in [1.82, 2.24) is 5.32 Å². The lowest BCUT2D eigenvalue weighted by molar-refractivity contribution is -0.186. The maximum absolute atomic E-state index is 12.9. The zero-order valence-electron chi connectivity index (χ0n) is 11.7. The van der Waals surface area contributed by atoms with Gasteiger partial charge in [-0.05, 0) is 38.5 Å². The van der Waals surface area contributed by atoms with E-state index in [0.29, 0.717) is 5.56 Å². The van der Waals surface area contributed by atoms with E-state index >= 15 is 0 Å². The molecule has 20 heavy (non-hydrogen) atoms. The topological polar surface area (TPSA) is 21.3 Å². The quantitative estimate of drug-likeness (QED) is 0.833. The molecule has 1 aromatic rings. The van der Waals surface area contributed by atoms with Crippen LogP contribution in [-0.4, -0.2) is 24.9 Å². The standard InChI is InChI=1S/C14H19F4NO/c1-13(2,3)19-8-12(20-9-14(16,17)18)10-4-6-11(15)7-5-10/h4-7,12,19H,8-9H2,1-3H3. The summed E-state index contributed by atoms with van der Waals surface area (Å²) in [5, 5.41) is 3.09. The van der Waals surface area contributed by atoms with Gasteiger partial charge in [0, 0.05) is 12.1 Å². The fourth-order valence-electron chi connectivity index (χ4n) is 1.54. The summed E-state index contributed by atoms with van der Waals surface area (Å²) in [6.07, 6.45) is -5.17. The second kappa shape index (κ2) is 6.54. The second-order valence-electron chi connectivity index (χ2n) is 5.60. The normalized spacial score (nSPS) is 14.3. The van der Waals surface area contributed by atoms with Crippen LogP contribution in [0.5, 0.6) is 0 Å². The molecule has 0 aliphatic heterocycles. The lowest BCUT2D eigenvalue weighted by Gasteiger charge is -2.26. The highest BCUT2D eigenvalue weighted by molar-refractivity contribution is 5.19. The molecule has 0 amide bonds. The highest BCUT2D eigenvalue weighted by atomic mass is 19.4. The van der Waals surface area contributed by atoms with Gasteiger partial charge in [-0.25, -0.2) is 4.39 Å². The third-order valence-electron chi connectivity index (χ3n) is 2.51. The summed E-state index contributed by atoms with van der Waals surface area (Å²) in [6, 6.07) is 5.27. The first-order valence-electron chi connectivity index (χ1n) is 6.26. The summed E-state index contributed by atoms with van der Waals surface area (Å²) >= 11 is 0. The number of hydrogen-bond donors (Lipinski definition) is 1. The van der Waals surface area contributed by atoms with E-state index in [4.69, 9.17) is 4.74 Å². The zero-order chi connectivity index (χ0) is 15.4. The van der Waals surface area contributed by atoms with Crippen molar-refractivity contribution in [2.45, 2.75) is 38.6 Å². The van der Waals surface area contributed by atoms with Crippen LogP contribution in [0.15, 0.2) is 24.3 Å². The predicted molar refractivity (Wildman–Crippen MR) is 68.9 cm³/mol. The van der Waals surface area contributed by atoms with E-state index in [-0.39, 0.29) is 12.1 Å². The molecule has 1 rings (SSSR count). The third kappa shape index (κ3) is 6.86. The van der Waals surface area contributed by atoms with Crippen molar-refractivity contribution >= 4 is 0 Å². The Morgan fingerprint density at radius 2 is 1.65 bits per heavy atom. The van der Waals surface area contributed by atoms with Crippen LogP contribution in [0.1, 0.15) is 32.4 Å². The van der Waals surface area contributed by atoms with Gasteiger partial charge in [-0.1, -0.05) is 12.1 Å². The number of ether oxygens (including phenoxy) is 1. The van der Waals surface area contributed by atoms with Gasteiger partial charge >= 0.3 is 6.18 Å². The Morgan fingerprint density at radius 1 is 1.10 bits per heavy atom. The van der Waals surface area contributed by atoms with Crippen molar-refractivity contribution in [3.05, 3.63) is 35.6 Å². The maximum Gasteiger partial charge on any atom is 0.411 e. The van der Waals surface area contributed by atoms with Crippen LogP contribution in [0.3, 0.4) is 0 Å². The van der Waals surface area contributed by atoms with Crippen LogP contribution < -0.4 is 5.32 Å². The number of benzene rings is 1. The van der Waals surface area contributed by atoms with E-state index in [2.05, 4.69) is 5.32 Å². The SMILES string of the molecule is CC(C)(C)NCC(OCC(F)(F)F)c1ccc(F)cc1. The largest absolute Gasteiger partial charge is 0.411 e. The summed E-state index contributed by atoms with van der Waals surface area (Å²) in [5.74, 6) is -0.438. The molecule has 0 aromatic heterocycles. The van der Waals surface area contributed by atoms with Crippen LogP contribution in [-0.2, 0) is 4.74 Å². The monoisotopic (exact) mass is 293 g/mol. The maximum atomic E-state index is 12.9. The van der Waals surface area contributed by atoms with Crippen molar-refractivity contribution in [2.24, 2.45) is 0 Å². The molecule has 0 aliphatic carbocycles. The summed E-state index contributed by atoms with van der Waals surface area (Å²) in [5.41, 5.74) is 0.257. The van der Waals surface area contributed by atoms with Gasteiger partial charge in [0.05, 0.1) is 6.10 Å². The van der Waals surface area contributed by atoms with Crippen molar-refractivity contribution in [2.75, 3.05) is 13.2 Å². The lowest BCUT2D eigenvalue weighted by atomic mass is 10.1. The van der Waals surface area contributed by atoms with E-state index in [9.17, 15) is 17.6 Å². The average molecular weight is 293 g/mol. The van der Waals surface area contributed by atoms with Gasteiger partial charge in [-0.2, -0.15) is 13.2 Å². The van der Waals surface area contributed by atoms with Gasteiger partial charge in [-0.15, -0.1) is 0 Å². The Hall–Kier alpha value is -1.14. The van der Waals surface area contributed by atoms with Gasteiger partial charge in [-0.3, -0.25) is 0 Å². The number of alkyl halides is 3. The van der Waals surface area contributed by atoms with Gasteiger partial charge < -0.3 is 10.1 Å². The van der Waals surface area contributed by atoms with Gasteiger partial charge in [0.15, 0.2) is 0 Å². The molecule has 2 nitrogen and oxygen atoms in total. The second-order valence-corrected chi connectivity index (χ2v) is 5.60. The van der Waals surface area contributed by atoms with Crippen molar-refractivity contribution in [3.8, 4) is 0 Å². The van der Waals surface area contributed by atoms with Crippen LogP contribution >= 0.6 is 0 Å². The Morgan fingerprint density at radius 3 is 2.10 bits per heavy atom. The molecule has 0 bridgehead atoms. The summed E-state index contributed by atoms with van der Waals surface area (Å²) in [6.45, 7) is 4.58. The predicted octanol–water partition coefficient (Wildman–Crippen LogP) is 3.83. The Bertz CT molecular complexity index is 391. The number of hydrogen-bond acceptors (Lipinski definition) is 2. The van der Waals surface area contributed by atoms with E-state index in [1.165, 1.54) is 24.3 Å². The first-order valence-corrected chi connectivity index (χ1v) is 6.26. The first-order chi connectivity index (χ1) is 9.07. The summed E-state index contributed by atoms with van der Waals surface area (Å²) < 4.78 is 54.6. The molecule has 1 atom stereocenters. The average Bonchev–Trinajstić information content (AvgIpc) is 2.28. The number of rotatable bonds is 5. The summed E-state index contributed by atoms with van der Waals surface area (Å²) in [7, 11) is 0. The lowest BCUT2D eigenvalue weighted by Crippen LogP contribution is -2.39. The van der Waals surface area contributed by atoms with Gasteiger partial charge in [0.2, 0.25) is 0 Å². The molecular weight excluding hydrogens is 274 g/mol. The number of nitrogens with one attached hydrogen (secondary N) is 1. The molecule has 0 saturated carbocycles. The Balaban J connectivity index is 2.75. The van der Waals surface area contributed by atoms with E-state index in [1.807, 2.05) is 20.8 Å². The molecule has 0 saturated heterocycles. The third-order valence-corrected chi connectivity index (χ3v) is 2.51. The minimum Gasteiger partial charge on any atom is -0.363 e. The fourth-order valence-corrected chi connectivity index (χ4v) is 1.54. The molecular formula is C14H19F4NO. The molecule has 6 heteroatoms. The summed E-state index contributed by atoms with van der Waals surface area (Å²) in [4.78, 5) is 0.